The number of halogens is 1. The number of nitrogen functional groups attached to an aromatic ring is 1. The van der Waals surface area contributed by atoms with Gasteiger partial charge in [-0.25, -0.2) is 17.5 Å². The van der Waals surface area contributed by atoms with E-state index in [9.17, 15) is 12.8 Å². The first-order valence-electron chi connectivity index (χ1n) is 5.94. The van der Waals surface area contributed by atoms with E-state index in [4.69, 9.17) is 10.5 Å². The van der Waals surface area contributed by atoms with Crippen LogP contribution < -0.4 is 15.2 Å². The van der Waals surface area contributed by atoms with Gasteiger partial charge in [-0.3, -0.25) is 4.68 Å². The molecule has 21 heavy (non-hydrogen) atoms. The Morgan fingerprint density at radius 1 is 1.48 bits per heavy atom. The second-order valence-electron chi connectivity index (χ2n) is 4.33. The van der Waals surface area contributed by atoms with Crippen molar-refractivity contribution in [3.05, 3.63) is 35.9 Å². The summed E-state index contributed by atoms with van der Waals surface area (Å²) in [5.41, 5.74) is 6.02. The van der Waals surface area contributed by atoms with Crippen LogP contribution in [0, 0.1) is 5.82 Å². The van der Waals surface area contributed by atoms with Crippen molar-refractivity contribution >= 4 is 15.7 Å². The lowest BCUT2D eigenvalue weighted by Gasteiger charge is -2.10. The molecule has 0 amide bonds. The smallest absolute Gasteiger partial charge is 0.241 e. The summed E-state index contributed by atoms with van der Waals surface area (Å²) in [7, 11) is -0.922. The zero-order chi connectivity index (χ0) is 15.6. The highest BCUT2D eigenvalue weighted by Crippen LogP contribution is 2.28. The van der Waals surface area contributed by atoms with Crippen molar-refractivity contribution < 1.29 is 17.5 Å². The monoisotopic (exact) mass is 314 g/mol. The average molecular weight is 314 g/mol. The summed E-state index contributed by atoms with van der Waals surface area (Å²) >= 11 is 0. The van der Waals surface area contributed by atoms with Crippen molar-refractivity contribution in [1.82, 2.24) is 14.5 Å². The summed E-state index contributed by atoms with van der Waals surface area (Å²) in [6.07, 6.45) is 1.69. The van der Waals surface area contributed by atoms with E-state index in [1.807, 2.05) is 0 Å². The van der Waals surface area contributed by atoms with Crippen LogP contribution in [-0.2, 0) is 23.6 Å². The molecule has 0 radical (unpaired) electrons. The number of aromatic nitrogens is 2. The number of hydrogen-bond donors (Lipinski definition) is 2. The molecule has 7 nitrogen and oxygen atoms in total. The van der Waals surface area contributed by atoms with Gasteiger partial charge in [-0.1, -0.05) is 0 Å². The molecule has 0 aliphatic rings. The Morgan fingerprint density at radius 3 is 2.71 bits per heavy atom. The summed E-state index contributed by atoms with van der Waals surface area (Å²) in [5.74, 6) is -1.02. The fourth-order valence-corrected chi connectivity index (χ4v) is 2.81. The predicted molar refractivity (Wildman–Crippen MR) is 74.6 cm³/mol. The molecule has 2 aromatic rings. The predicted octanol–water partition coefficient (Wildman–Crippen LogP) is 0.628. The number of hydrogen-bond acceptors (Lipinski definition) is 5. The molecule has 0 bridgehead atoms. The normalized spacial score (nSPS) is 11.6. The lowest BCUT2D eigenvalue weighted by Crippen LogP contribution is -2.24. The number of nitrogens with one attached hydrogen (secondary N) is 1. The molecule has 0 saturated carbocycles. The van der Waals surface area contributed by atoms with E-state index in [2.05, 4.69) is 9.82 Å². The number of rotatable bonds is 5. The highest BCUT2D eigenvalue weighted by molar-refractivity contribution is 7.89. The highest BCUT2D eigenvalue weighted by atomic mass is 32.2. The van der Waals surface area contributed by atoms with E-state index in [-0.39, 0.29) is 22.9 Å². The van der Waals surface area contributed by atoms with E-state index in [1.54, 1.807) is 24.0 Å². The molecule has 1 aromatic carbocycles. The second kappa shape index (κ2) is 5.70. The van der Waals surface area contributed by atoms with E-state index >= 15 is 0 Å². The van der Waals surface area contributed by atoms with Crippen molar-refractivity contribution in [1.29, 1.82) is 0 Å². The standard InChI is InChI=1S/C12H15FN4O3S/c1-17-4-3-8(16-17)7-15-21(18,19)9-5-10(13)12(20-2)11(14)6-9/h3-6,15H,7,14H2,1-2H3. The Hall–Kier alpha value is -2.13. The Kier molecular flexibility index (Phi) is 4.14. The maximum atomic E-state index is 13.7. The molecule has 3 N–H and O–H groups in total. The lowest BCUT2D eigenvalue weighted by atomic mass is 10.3. The first kappa shape index (κ1) is 15.3. The van der Waals surface area contributed by atoms with Crippen molar-refractivity contribution in [2.45, 2.75) is 11.4 Å². The fraction of sp³-hybridized carbons (Fsp3) is 0.250. The van der Waals surface area contributed by atoms with Crippen LogP contribution in [0.2, 0.25) is 0 Å². The largest absolute Gasteiger partial charge is 0.492 e. The maximum absolute atomic E-state index is 13.7. The first-order chi connectivity index (χ1) is 9.83. The number of anilines is 1. The average Bonchev–Trinajstić information content (AvgIpc) is 2.82. The van der Waals surface area contributed by atoms with Gasteiger partial charge in [0.2, 0.25) is 10.0 Å². The quantitative estimate of drug-likeness (QED) is 0.789. The second-order valence-corrected chi connectivity index (χ2v) is 6.10. The van der Waals surface area contributed by atoms with Crippen molar-refractivity contribution in [2.24, 2.45) is 7.05 Å². The Labute approximate surface area is 121 Å². The summed E-state index contributed by atoms with van der Waals surface area (Å²) in [5, 5.41) is 4.04. The molecule has 0 aliphatic heterocycles. The van der Waals surface area contributed by atoms with E-state index in [0.717, 1.165) is 12.1 Å². The van der Waals surface area contributed by atoms with Gasteiger partial charge in [0, 0.05) is 13.2 Å². The van der Waals surface area contributed by atoms with Crippen LogP contribution in [0.5, 0.6) is 5.75 Å². The van der Waals surface area contributed by atoms with Gasteiger partial charge in [-0.2, -0.15) is 5.10 Å². The SMILES string of the molecule is COc1c(N)cc(S(=O)(=O)NCc2ccn(C)n2)cc1F. The molecular formula is C12H15FN4O3S. The summed E-state index contributed by atoms with van der Waals surface area (Å²) in [4.78, 5) is -0.269. The zero-order valence-corrected chi connectivity index (χ0v) is 12.3. The number of benzene rings is 1. The van der Waals surface area contributed by atoms with Crippen molar-refractivity contribution in [2.75, 3.05) is 12.8 Å². The molecular weight excluding hydrogens is 299 g/mol. The molecule has 114 valence electrons. The van der Waals surface area contributed by atoms with Gasteiger partial charge in [-0.05, 0) is 18.2 Å². The molecule has 2 rings (SSSR count). The third-order valence-electron chi connectivity index (χ3n) is 2.77. The molecule has 1 aromatic heterocycles. The number of nitrogens with two attached hydrogens (primary N) is 1. The number of nitrogens with zero attached hydrogens (tertiary/aromatic N) is 2. The van der Waals surface area contributed by atoms with Crippen LogP contribution in [-0.4, -0.2) is 25.3 Å². The summed E-state index contributed by atoms with van der Waals surface area (Å²) < 4.78 is 46.5. The van der Waals surface area contributed by atoms with Crippen LogP contribution >= 0.6 is 0 Å². The fourth-order valence-electron chi connectivity index (χ4n) is 1.77. The highest BCUT2D eigenvalue weighted by Gasteiger charge is 2.19. The number of aryl methyl sites for hydroxylation is 1. The van der Waals surface area contributed by atoms with E-state index < -0.39 is 15.8 Å². The number of methoxy groups -OCH3 is 1. The third kappa shape index (κ3) is 3.31. The van der Waals surface area contributed by atoms with Gasteiger partial charge in [-0.15, -0.1) is 0 Å². The van der Waals surface area contributed by atoms with Gasteiger partial charge >= 0.3 is 0 Å². The van der Waals surface area contributed by atoms with Gasteiger partial charge in [0.05, 0.1) is 29.9 Å². The van der Waals surface area contributed by atoms with Crippen LogP contribution in [0.3, 0.4) is 0 Å². The Balaban J connectivity index is 2.23. The molecule has 9 heteroatoms. The molecule has 0 aliphatic carbocycles. The summed E-state index contributed by atoms with van der Waals surface area (Å²) in [6.45, 7) is -0.00325. The zero-order valence-electron chi connectivity index (χ0n) is 11.5. The number of ether oxygens (including phenoxy) is 1. The molecule has 0 saturated heterocycles. The minimum absolute atomic E-state index is 0.00325. The molecule has 0 spiro atoms. The summed E-state index contributed by atoms with van der Waals surface area (Å²) in [6, 6.07) is 3.67. The van der Waals surface area contributed by atoms with E-state index in [0.29, 0.717) is 5.69 Å². The minimum atomic E-state index is -3.89. The first-order valence-corrected chi connectivity index (χ1v) is 7.43. The van der Waals surface area contributed by atoms with Gasteiger partial charge in [0.1, 0.15) is 0 Å². The van der Waals surface area contributed by atoms with Gasteiger partial charge in [0.25, 0.3) is 0 Å². The lowest BCUT2D eigenvalue weighted by molar-refractivity contribution is 0.388. The van der Waals surface area contributed by atoms with Crippen LogP contribution in [0.4, 0.5) is 10.1 Å². The van der Waals surface area contributed by atoms with Crippen LogP contribution in [0.25, 0.3) is 0 Å². The molecule has 0 unspecified atom stereocenters. The van der Waals surface area contributed by atoms with Crippen molar-refractivity contribution in [3.8, 4) is 5.75 Å². The van der Waals surface area contributed by atoms with E-state index in [1.165, 1.54) is 7.11 Å². The van der Waals surface area contributed by atoms with Crippen LogP contribution in [0.1, 0.15) is 5.69 Å². The Morgan fingerprint density at radius 2 is 2.19 bits per heavy atom. The van der Waals surface area contributed by atoms with Crippen LogP contribution in [0.15, 0.2) is 29.3 Å². The third-order valence-corrected chi connectivity index (χ3v) is 4.15. The maximum Gasteiger partial charge on any atom is 0.241 e. The molecule has 1 heterocycles. The molecule has 0 fully saturated rings. The van der Waals surface area contributed by atoms with Gasteiger partial charge < -0.3 is 10.5 Å². The topological polar surface area (TPSA) is 99.2 Å². The van der Waals surface area contributed by atoms with Gasteiger partial charge in [0.15, 0.2) is 11.6 Å². The number of sulfonamides is 1. The minimum Gasteiger partial charge on any atom is -0.492 e. The van der Waals surface area contributed by atoms with Crippen molar-refractivity contribution in [3.63, 3.8) is 0 Å². The molecule has 0 atom stereocenters. The Bertz CT molecular complexity index is 735.